The molecule has 0 aromatic heterocycles. The lowest BCUT2D eigenvalue weighted by molar-refractivity contribution is -0.132. The Kier molecular flexibility index (Phi) is 9.73. The molecule has 0 fully saturated rings. The first-order valence-electron chi connectivity index (χ1n) is 8.05. The predicted octanol–water partition coefficient (Wildman–Crippen LogP) is 5.96. The van der Waals surface area contributed by atoms with Crippen LogP contribution < -0.4 is 4.74 Å². The molecule has 2 nitrogen and oxygen atoms in total. The van der Waals surface area contributed by atoms with E-state index in [1.165, 1.54) is 51.0 Å². The van der Waals surface area contributed by atoms with Gasteiger partial charge in [0.05, 0.1) is 9.79 Å². The van der Waals surface area contributed by atoms with Crippen LogP contribution in [0, 0.1) is 0 Å². The quantitative estimate of drug-likeness (QED) is 0.227. The molecule has 0 atom stereocenters. The molecule has 0 N–H and O–H groups in total. The Morgan fingerprint density at radius 2 is 1.55 bits per heavy atom. The van der Waals surface area contributed by atoms with E-state index in [1.807, 2.05) is 12.5 Å². The van der Waals surface area contributed by atoms with Crippen molar-refractivity contribution in [3.63, 3.8) is 0 Å². The van der Waals surface area contributed by atoms with E-state index in [2.05, 4.69) is 19.1 Å². The molecule has 0 aliphatic rings. The highest BCUT2D eigenvalue weighted by molar-refractivity contribution is 7.99. The van der Waals surface area contributed by atoms with E-state index < -0.39 is 0 Å². The number of carbonyl (C=O) groups is 1. The molecule has 1 aromatic rings. The summed E-state index contributed by atoms with van der Waals surface area (Å²) in [5.74, 6) is 0.466. The average Bonchev–Trinajstić information content (AvgIpc) is 2.51. The van der Waals surface area contributed by atoms with Gasteiger partial charge in [-0.25, -0.2) is 0 Å². The van der Waals surface area contributed by atoms with Crippen molar-refractivity contribution < 1.29 is 9.53 Å². The summed E-state index contributed by atoms with van der Waals surface area (Å²) in [4.78, 5) is 13.4. The second kappa shape index (κ2) is 11.0. The number of hydrogen-bond acceptors (Lipinski definition) is 4. The summed E-state index contributed by atoms with van der Waals surface area (Å²) in [6.45, 7) is 3.71. The first-order valence-corrected chi connectivity index (χ1v) is 10.5. The summed E-state index contributed by atoms with van der Waals surface area (Å²) in [6, 6.07) is 4.35. The minimum Gasteiger partial charge on any atom is -0.424 e. The monoisotopic (exact) mass is 340 g/mol. The molecule has 124 valence electrons. The highest BCUT2D eigenvalue weighted by Crippen LogP contribution is 2.38. The minimum absolute atomic E-state index is 0.255. The molecule has 0 amide bonds. The van der Waals surface area contributed by atoms with Crippen molar-refractivity contribution in [2.75, 3.05) is 12.5 Å². The summed E-state index contributed by atoms with van der Waals surface area (Å²) in [7, 11) is 0. The van der Waals surface area contributed by atoms with Gasteiger partial charge in [0.1, 0.15) is 0 Å². The van der Waals surface area contributed by atoms with Crippen LogP contribution in [-0.2, 0) is 11.2 Å². The highest BCUT2D eigenvalue weighted by Gasteiger charge is 2.13. The molecular formula is C18H28O2S2. The number of carbonyl (C=O) groups excluding carboxylic acids is 1. The first-order chi connectivity index (χ1) is 10.6. The lowest BCUT2D eigenvalue weighted by atomic mass is 10.0. The lowest BCUT2D eigenvalue weighted by Gasteiger charge is -2.14. The number of ether oxygens (including phenoxy) is 1. The number of aryl methyl sites for hydroxylation is 1. The Balaban J connectivity index is 2.70. The van der Waals surface area contributed by atoms with Crippen molar-refractivity contribution in [1.82, 2.24) is 0 Å². The second-order valence-electron chi connectivity index (χ2n) is 5.44. The molecule has 0 radical (unpaired) electrons. The Morgan fingerprint density at radius 1 is 1.00 bits per heavy atom. The van der Waals surface area contributed by atoms with Crippen molar-refractivity contribution in [2.45, 2.75) is 68.6 Å². The molecular weight excluding hydrogens is 312 g/mol. The molecule has 0 unspecified atom stereocenters. The van der Waals surface area contributed by atoms with E-state index in [0.717, 1.165) is 22.0 Å². The predicted molar refractivity (Wildman–Crippen MR) is 98.4 cm³/mol. The molecule has 0 bridgehead atoms. The van der Waals surface area contributed by atoms with E-state index in [-0.39, 0.29) is 5.97 Å². The summed E-state index contributed by atoms with van der Waals surface area (Å²) >= 11 is 3.28. The smallest absolute Gasteiger partial charge is 0.308 e. The molecule has 0 heterocycles. The van der Waals surface area contributed by atoms with Crippen molar-refractivity contribution in [2.24, 2.45) is 0 Å². The van der Waals surface area contributed by atoms with E-state index in [9.17, 15) is 4.79 Å². The standard InChI is InChI=1S/C18H28O2S2/c1-5-6-7-8-9-10-11-15-12-16(21-3)18(20-14(2)19)17(13-15)22-4/h12-13H,5-11H2,1-4H3. The first kappa shape index (κ1) is 19.4. The zero-order valence-electron chi connectivity index (χ0n) is 14.2. The molecule has 0 spiro atoms. The van der Waals surface area contributed by atoms with Gasteiger partial charge < -0.3 is 4.74 Å². The second-order valence-corrected chi connectivity index (χ2v) is 7.14. The summed E-state index contributed by atoms with van der Waals surface area (Å²) < 4.78 is 5.40. The van der Waals surface area contributed by atoms with Gasteiger partial charge in [0.15, 0.2) is 5.75 Å². The van der Waals surface area contributed by atoms with Gasteiger partial charge in [-0.05, 0) is 43.0 Å². The van der Waals surface area contributed by atoms with Crippen LogP contribution in [0.25, 0.3) is 0 Å². The maximum Gasteiger partial charge on any atom is 0.308 e. The molecule has 4 heteroatoms. The number of unbranched alkanes of at least 4 members (excludes halogenated alkanes) is 5. The van der Waals surface area contributed by atoms with Gasteiger partial charge >= 0.3 is 5.97 Å². The largest absolute Gasteiger partial charge is 0.424 e. The molecule has 1 rings (SSSR count). The topological polar surface area (TPSA) is 26.3 Å². The normalized spacial score (nSPS) is 10.7. The van der Waals surface area contributed by atoms with Gasteiger partial charge in [-0.15, -0.1) is 23.5 Å². The van der Waals surface area contributed by atoms with Crippen molar-refractivity contribution in [1.29, 1.82) is 0 Å². The SMILES string of the molecule is CCCCCCCCc1cc(SC)c(OC(C)=O)c(SC)c1. The zero-order valence-corrected chi connectivity index (χ0v) is 15.9. The van der Waals surface area contributed by atoms with Crippen LogP contribution in [0.1, 0.15) is 57.9 Å². The van der Waals surface area contributed by atoms with Gasteiger partial charge in [-0.1, -0.05) is 39.0 Å². The van der Waals surface area contributed by atoms with Crippen LogP contribution in [0.15, 0.2) is 21.9 Å². The van der Waals surface area contributed by atoms with Crippen LogP contribution in [0.3, 0.4) is 0 Å². The van der Waals surface area contributed by atoms with Crippen molar-refractivity contribution in [3.05, 3.63) is 17.7 Å². The Bertz CT molecular complexity index is 447. The fraction of sp³-hybridized carbons (Fsp3) is 0.611. The third-order valence-corrected chi connectivity index (χ3v) is 5.07. The van der Waals surface area contributed by atoms with Gasteiger partial charge in [0.2, 0.25) is 0 Å². The maximum atomic E-state index is 11.3. The summed E-state index contributed by atoms with van der Waals surface area (Å²) in [6.07, 6.45) is 13.0. The third-order valence-electron chi connectivity index (χ3n) is 3.59. The Morgan fingerprint density at radius 3 is 2.05 bits per heavy atom. The molecule has 0 saturated carbocycles. The zero-order chi connectivity index (χ0) is 16.4. The van der Waals surface area contributed by atoms with Crippen LogP contribution in [0.4, 0.5) is 0 Å². The number of benzene rings is 1. The van der Waals surface area contributed by atoms with Gasteiger partial charge in [0, 0.05) is 6.92 Å². The average molecular weight is 341 g/mol. The van der Waals surface area contributed by atoms with Crippen molar-refractivity contribution >= 4 is 29.5 Å². The molecule has 0 aliphatic heterocycles. The van der Waals surface area contributed by atoms with E-state index in [1.54, 1.807) is 23.5 Å². The van der Waals surface area contributed by atoms with Crippen LogP contribution in [-0.4, -0.2) is 18.5 Å². The van der Waals surface area contributed by atoms with Gasteiger partial charge in [-0.3, -0.25) is 4.79 Å². The van der Waals surface area contributed by atoms with Crippen molar-refractivity contribution in [3.8, 4) is 5.75 Å². The summed E-state index contributed by atoms with van der Waals surface area (Å²) in [5.41, 5.74) is 1.35. The summed E-state index contributed by atoms with van der Waals surface area (Å²) in [5, 5.41) is 0. The number of rotatable bonds is 10. The fourth-order valence-electron chi connectivity index (χ4n) is 2.43. The molecule has 22 heavy (non-hydrogen) atoms. The Hall–Kier alpha value is -0.610. The number of hydrogen-bond donors (Lipinski definition) is 0. The highest BCUT2D eigenvalue weighted by atomic mass is 32.2. The fourth-order valence-corrected chi connectivity index (χ4v) is 3.71. The van der Waals surface area contributed by atoms with E-state index in [0.29, 0.717) is 0 Å². The van der Waals surface area contributed by atoms with Gasteiger partial charge in [-0.2, -0.15) is 0 Å². The van der Waals surface area contributed by atoms with E-state index >= 15 is 0 Å². The molecule has 1 aromatic carbocycles. The molecule has 0 saturated heterocycles. The van der Waals surface area contributed by atoms with E-state index in [4.69, 9.17) is 4.74 Å². The number of esters is 1. The van der Waals surface area contributed by atoms with Crippen LogP contribution in [0.2, 0.25) is 0 Å². The third kappa shape index (κ3) is 6.66. The van der Waals surface area contributed by atoms with Crippen LogP contribution in [0.5, 0.6) is 5.75 Å². The maximum absolute atomic E-state index is 11.3. The lowest BCUT2D eigenvalue weighted by Crippen LogP contribution is -2.04. The number of thioether (sulfide) groups is 2. The Labute approximate surface area is 143 Å². The van der Waals surface area contributed by atoms with Crippen LogP contribution >= 0.6 is 23.5 Å². The van der Waals surface area contributed by atoms with Gasteiger partial charge in [0.25, 0.3) is 0 Å². The molecule has 0 aliphatic carbocycles. The minimum atomic E-state index is -0.255.